The van der Waals surface area contributed by atoms with Crippen LogP contribution in [0.3, 0.4) is 0 Å². The van der Waals surface area contributed by atoms with E-state index in [1.165, 1.54) is 18.1 Å². The van der Waals surface area contributed by atoms with Gasteiger partial charge in [0.15, 0.2) is 5.65 Å². The molecule has 0 aliphatic carbocycles. The molecule has 0 aliphatic heterocycles. The number of nitrogens with one attached hydrogen (secondary N) is 1. The zero-order chi connectivity index (χ0) is 19.4. The van der Waals surface area contributed by atoms with Gasteiger partial charge in [0.25, 0.3) is 0 Å². The van der Waals surface area contributed by atoms with Crippen LogP contribution in [-0.4, -0.2) is 40.5 Å². The fourth-order valence-corrected chi connectivity index (χ4v) is 4.70. The predicted molar refractivity (Wildman–Crippen MR) is 109 cm³/mol. The Labute approximate surface area is 166 Å². The Morgan fingerprint density at radius 1 is 0.964 bits per heavy atom. The van der Waals surface area contributed by atoms with Gasteiger partial charge < -0.3 is 0 Å². The summed E-state index contributed by atoms with van der Waals surface area (Å²) < 4.78 is 28.9. The van der Waals surface area contributed by atoms with Crippen LogP contribution in [0.15, 0.2) is 83.1 Å². The van der Waals surface area contributed by atoms with Gasteiger partial charge in [0.1, 0.15) is 11.4 Å². The third-order valence-electron chi connectivity index (χ3n) is 4.02. The molecule has 2 aromatic heterocycles. The van der Waals surface area contributed by atoms with Crippen LogP contribution in [0.25, 0.3) is 16.7 Å². The van der Waals surface area contributed by atoms with E-state index in [-0.39, 0.29) is 4.90 Å². The third-order valence-corrected chi connectivity index (χ3v) is 6.50. The van der Waals surface area contributed by atoms with Gasteiger partial charge in [-0.2, -0.15) is 5.10 Å². The summed E-state index contributed by atoms with van der Waals surface area (Å²) in [6.45, 7) is 0.292. The molecule has 9 heteroatoms. The van der Waals surface area contributed by atoms with Crippen molar-refractivity contribution < 1.29 is 8.42 Å². The van der Waals surface area contributed by atoms with E-state index in [1.54, 1.807) is 41.2 Å². The molecule has 28 heavy (non-hydrogen) atoms. The molecular weight excluding hydrogens is 394 g/mol. The molecule has 142 valence electrons. The van der Waals surface area contributed by atoms with E-state index in [1.807, 2.05) is 30.3 Å². The Kier molecular flexibility index (Phi) is 5.38. The smallest absolute Gasteiger partial charge is 0.229 e. The first-order valence-corrected chi connectivity index (χ1v) is 11.0. The van der Waals surface area contributed by atoms with E-state index in [9.17, 15) is 8.42 Å². The summed E-state index contributed by atoms with van der Waals surface area (Å²) in [6, 6.07) is 18.1. The lowest BCUT2D eigenvalue weighted by Crippen LogP contribution is -2.26. The van der Waals surface area contributed by atoms with Crippen molar-refractivity contribution in [2.45, 2.75) is 9.92 Å². The van der Waals surface area contributed by atoms with Crippen LogP contribution < -0.4 is 4.72 Å². The summed E-state index contributed by atoms with van der Waals surface area (Å²) >= 11 is 1.46. The molecule has 2 aromatic carbocycles. The monoisotopic (exact) mass is 411 g/mol. The van der Waals surface area contributed by atoms with E-state index in [0.29, 0.717) is 17.9 Å². The molecule has 4 aromatic rings. The number of benzene rings is 2. The van der Waals surface area contributed by atoms with Gasteiger partial charge in [-0.3, -0.25) is 0 Å². The molecule has 0 saturated carbocycles. The molecule has 0 atom stereocenters. The largest absolute Gasteiger partial charge is 0.240 e. The molecule has 0 saturated heterocycles. The first-order chi connectivity index (χ1) is 13.6. The summed E-state index contributed by atoms with van der Waals surface area (Å²) in [4.78, 5) is 8.94. The van der Waals surface area contributed by atoms with Gasteiger partial charge in [-0.15, -0.1) is 11.8 Å². The first-order valence-electron chi connectivity index (χ1n) is 8.57. The lowest BCUT2D eigenvalue weighted by molar-refractivity contribution is 0.584. The third kappa shape index (κ3) is 3.91. The molecule has 1 N–H and O–H groups in total. The van der Waals surface area contributed by atoms with Crippen LogP contribution in [0.2, 0.25) is 0 Å². The van der Waals surface area contributed by atoms with Crippen molar-refractivity contribution in [3.63, 3.8) is 0 Å². The highest BCUT2D eigenvalue weighted by Crippen LogP contribution is 2.25. The van der Waals surface area contributed by atoms with Crippen molar-refractivity contribution >= 4 is 32.8 Å². The van der Waals surface area contributed by atoms with Gasteiger partial charge >= 0.3 is 0 Å². The normalized spacial score (nSPS) is 11.7. The first kappa shape index (κ1) is 18.6. The van der Waals surface area contributed by atoms with Crippen molar-refractivity contribution in [1.29, 1.82) is 0 Å². The van der Waals surface area contributed by atoms with Gasteiger partial charge in [0.05, 0.1) is 22.2 Å². The van der Waals surface area contributed by atoms with Crippen LogP contribution in [-0.2, 0) is 10.0 Å². The van der Waals surface area contributed by atoms with Crippen molar-refractivity contribution in [2.75, 3.05) is 12.3 Å². The second-order valence-electron chi connectivity index (χ2n) is 5.87. The molecule has 0 aliphatic rings. The Morgan fingerprint density at radius 3 is 2.43 bits per heavy atom. The maximum absolute atomic E-state index is 12.3. The molecule has 0 fully saturated rings. The van der Waals surface area contributed by atoms with Crippen molar-refractivity contribution in [1.82, 2.24) is 24.5 Å². The minimum Gasteiger partial charge on any atom is -0.229 e. The summed E-state index contributed by atoms with van der Waals surface area (Å²) in [5.41, 5.74) is 1.64. The number of sulfonamides is 1. The standard InChI is InChI=1S/C19H17N5O2S2/c25-28(26,16-9-5-2-6-10-16)23-11-12-27-19-17-13-22-24(18(17)20-14-21-19)15-7-3-1-4-8-15/h1-10,13-14,23H,11-12H2. The van der Waals surface area contributed by atoms with Gasteiger partial charge in [-0.1, -0.05) is 36.4 Å². The molecule has 0 spiro atoms. The Hall–Kier alpha value is -2.75. The highest BCUT2D eigenvalue weighted by Gasteiger charge is 2.14. The summed E-state index contributed by atoms with van der Waals surface area (Å²) in [5.74, 6) is 0.536. The average molecular weight is 412 g/mol. The minimum absolute atomic E-state index is 0.258. The Balaban J connectivity index is 1.45. The second-order valence-corrected chi connectivity index (χ2v) is 8.72. The maximum atomic E-state index is 12.3. The number of nitrogens with zero attached hydrogens (tertiary/aromatic N) is 4. The number of fused-ring (bicyclic) bond motifs is 1. The highest BCUT2D eigenvalue weighted by molar-refractivity contribution is 7.99. The Bertz CT molecular complexity index is 1180. The van der Waals surface area contributed by atoms with Gasteiger partial charge in [0.2, 0.25) is 10.0 Å². The quantitative estimate of drug-likeness (QED) is 0.286. The number of hydrogen-bond donors (Lipinski definition) is 1. The maximum Gasteiger partial charge on any atom is 0.240 e. The second kappa shape index (κ2) is 8.09. The fraction of sp³-hybridized carbons (Fsp3) is 0.105. The topological polar surface area (TPSA) is 89.8 Å². The van der Waals surface area contributed by atoms with Crippen LogP contribution >= 0.6 is 11.8 Å². The molecule has 4 rings (SSSR count). The number of rotatable bonds is 7. The lowest BCUT2D eigenvalue weighted by atomic mass is 10.3. The van der Waals surface area contributed by atoms with Crippen LogP contribution in [0.5, 0.6) is 0 Å². The van der Waals surface area contributed by atoms with Crippen molar-refractivity contribution in [3.05, 3.63) is 73.2 Å². The van der Waals surface area contributed by atoms with E-state index in [0.717, 1.165) is 16.1 Å². The fourth-order valence-electron chi connectivity index (χ4n) is 2.70. The minimum atomic E-state index is -3.50. The number of aromatic nitrogens is 4. The van der Waals surface area contributed by atoms with Gasteiger partial charge in [-0.05, 0) is 24.3 Å². The van der Waals surface area contributed by atoms with Crippen LogP contribution in [0.4, 0.5) is 0 Å². The zero-order valence-corrected chi connectivity index (χ0v) is 16.4. The summed E-state index contributed by atoms with van der Waals surface area (Å²) in [7, 11) is -3.50. The Morgan fingerprint density at radius 2 is 1.68 bits per heavy atom. The van der Waals surface area contributed by atoms with E-state index in [2.05, 4.69) is 19.8 Å². The number of para-hydroxylation sites is 1. The summed E-state index contributed by atoms with van der Waals surface area (Å²) in [5, 5.41) is 6.03. The van der Waals surface area contributed by atoms with Crippen molar-refractivity contribution in [2.24, 2.45) is 0 Å². The lowest BCUT2D eigenvalue weighted by Gasteiger charge is -2.07. The molecule has 0 amide bonds. The average Bonchev–Trinajstić information content (AvgIpc) is 3.17. The van der Waals surface area contributed by atoms with E-state index in [4.69, 9.17) is 0 Å². The van der Waals surface area contributed by atoms with Gasteiger partial charge in [-0.25, -0.2) is 27.8 Å². The van der Waals surface area contributed by atoms with E-state index < -0.39 is 10.0 Å². The SMILES string of the molecule is O=S(=O)(NCCSc1ncnc2c1cnn2-c1ccccc1)c1ccccc1. The number of thioether (sulfide) groups is 1. The van der Waals surface area contributed by atoms with Gasteiger partial charge in [0, 0.05) is 12.3 Å². The van der Waals surface area contributed by atoms with E-state index >= 15 is 0 Å². The molecule has 0 radical (unpaired) electrons. The number of hydrogen-bond acceptors (Lipinski definition) is 6. The van der Waals surface area contributed by atoms with Crippen LogP contribution in [0.1, 0.15) is 0 Å². The molecule has 0 bridgehead atoms. The molecule has 0 unspecified atom stereocenters. The molecule has 7 nitrogen and oxygen atoms in total. The predicted octanol–water partition coefficient (Wildman–Crippen LogP) is 2.89. The van der Waals surface area contributed by atoms with Crippen molar-refractivity contribution in [3.8, 4) is 5.69 Å². The summed E-state index contributed by atoms with van der Waals surface area (Å²) in [6.07, 6.45) is 3.23. The zero-order valence-electron chi connectivity index (χ0n) is 14.8. The molecule has 2 heterocycles. The highest BCUT2D eigenvalue weighted by atomic mass is 32.2. The molecular formula is C19H17N5O2S2. The van der Waals surface area contributed by atoms with Crippen LogP contribution in [0, 0.1) is 0 Å².